The number of rotatable bonds is 6. The molecule has 1 aromatic heterocycles. The van der Waals surface area contributed by atoms with E-state index in [-0.39, 0.29) is 0 Å². The maximum absolute atomic E-state index is 5.72. The molecule has 0 atom stereocenters. The molecule has 20 heavy (non-hydrogen) atoms. The van der Waals surface area contributed by atoms with E-state index < -0.39 is 0 Å². The van der Waals surface area contributed by atoms with E-state index in [4.69, 9.17) is 4.74 Å². The largest absolute Gasteiger partial charge is 0.430 e. The van der Waals surface area contributed by atoms with Gasteiger partial charge in [0.15, 0.2) is 0 Å². The van der Waals surface area contributed by atoms with Crippen LogP contribution in [0.1, 0.15) is 44.2 Å². The highest BCUT2D eigenvalue weighted by Gasteiger charge is 2.07. The minimum Gasteiger partial charge on any atom is -0.430 e. The molecular formula is C15H21N3OS. The van der Waals surface area contributed by atoms with Crippen LogP contribution in [0.15, 0.2) is 24.3 Å². The third-order valence-electron chi connectivity index (χ3n) is 2.86. The van der Waals surface area contributed by atoms with Crippen molar-refractivity contribution in [3.63, 3.8) is 0 Å². The third-order valence-corrected chi connectivity index (χ3v) is 3.66. The summed E-state index contributed by atoms with van der Waals surface area (Å²) in [7, 11) is 0. The van der Waals surface area contributed by atoms with Crippen LogP contribution in [0.3, 0.4) is 0 Å². The fourth-order valence-electron chi connectivity index (χ4n) is 1.66. The van der Waals surface area contributed by atoms with E-state index in [1.165, 1.54) is 16.9 Å². The first kappa shape index (κ1) is 14.9. The van der Waals surface area contributed by atoms with Crippen molar-refractivity contribution in [3.8, 4) is 10.9 Å². The lowest BCUT2D eigenvalue weighted by Gasteiger charge is -2.06. The van der Waals surface area contributed by atoms with E-state index in [0.29, 0.717) is 17.2 Å². The average Bonchev–Trinajstić information content (AvgIpc) is 2.84. The van der Waals surface area contributed by atoms with Gasteiger partial charge in [-0.15, -0.1) is 5.10 Å². The molecule has 0 aliphatic heterocycles. The van der Waals surface area contributed by atoms with Gasteiger partial charge in [0.2, 0.25) is 0 Å². The number of hydrogen-bond acceptors (Lipinski definition) is 5. The molecule has 0 saturated heterocycles. The highest BCUT2D eigenvalue weighted by atomic mass is 32.1. The molecule has 0 spiro atoms. The summed E-state index contributed by atoms with van der Waals surface area (Å²) >= 11 is 1.47. The molecule has 108 valence electrons. The summed E-state index contributed by atoms with van der Waals surface area (Å²) < 4.78 is 5.72. The molecule has 4 nitrogen and oxygen atoms in total. The molecule has 5 heteroatoms. The zero-order chi connectivity index (χ0) is 14.5. The van der Waals surface area contributed by atoms with Gasteiger partial charge in [0.05, 0.1) is 6.54 Å². The molecule has 0 unspecified atom stereocenters. The van der Waals surface area contributed by atoms with Crippen LogP contribution in [-0.2, 0) is 6.54 Å². The molecule has 0 radical (unpaired) electrons. The Morgan fingerprint density at radius 2 is 1.80 bits per heavy atom. The van der Waals surface area contributed by atoms with E-state index >= 15 is 0 Å². The van der Waals surface area contributed by atoms with Crippen LogP contribution in [0, 0.1) is 0 Å². The maximum atomic E-state index is 5.72. The molecule has 0 bridgehead atoms. The zero-order valence-corrected chi connectivity index (χ0v) is 13.2. The molecule has 2 rings (SSSR count). The Hall–Kier alpha value is -1.46. The third kappa shape index (κ3) is 4.28. The van der Waals surface area contributed by atoms with Gasteiger partial charge in [-0.1, -0.05) is 56.3 Å². The van der Waals surface area contributed by atoms with Gasteiger partial charge in [-0.3, -0.25) is 0 Å². The van der Waals surface area contributed by atoms with Crippen LogP contribution in [-0.4, -0.2) is 16.2 Å². The lowest BCUT2D eigenvalue weighted by atomic mass is 10.0. The van der Waals surface area contributed by atoms with Crippen molar-refractivity contribution in [3.05, 3.63) is 34.8 Å². The molecule has 2 aromatic rings. The molecule has 1 heterocycles. The van der Waals surface area contributed by atoms with Crippen molar-refractivity contribution in [1.82, 2.24) is 15.5 Å². The normalized spacial score (nSPS) is 11.3. The van der Waals surface area contributed by atoms with Gasteiger partial charge < -0.3 is 10.1 Å². The summed E-state index contributed by atoms with van der Waals surface area (Å²) in [5.74, 6) is 1.33. The Kier molecular flexibility index (Phi) is 5.09. The van der Waals surface area contributed by atoms with Crippen molar-refractivity contribution >= 4 is 11.3 Å². The van der Waals surface area contributed by atoms with Crippen LogP contribution in [0.2, 0.25) is 0 Å². The number of benzene rings is 1. The summed E-state index contributed by atoms with van der Waals surface area (Å²) in [5, 5.41) is 13.0. The fourth-order valence-corrected chi connectivity index (χ4v) is 2.32. The highest BCUT2D eigenvalue weighted by molar-refractivity contribution is 7.13. The van der Waals surface area contributed by atoms with Crippen molar-refractivity contribution in [2.24, 2.45) is 0 Å². The monoisotopic (exact) mass is 291 g/mol. The second kappa shape index (κ2) is 6.81. The van der Waals surface area contributed by atoms with Gasteiger partial charge in [-0.2, -0.15) is 0 Å². The first-order valence-electron chi connectivity index (χ1n) is 6.88. The van der Waals surface area contributed by atoms with Crippen molar-refractivity contribution in [1.29, 1.82) is 0 Å². The van der Waals surface area contributed by atoms with Gasteiger partial charge in [-0.05, 0) is 23.6 Å². The number of nitrogens with one attached hydrogen (secondary N) is 1. The zero-order valence-electron chi connectivity index (χ0n) is 12.4. The van der Waals surface area contributed by atoms with Crippen LogP contribution >= 0.6 is 11.3 Å². The molecule has 0 saturated carbocycles. The van der Waals surface area contributed by atoms with Crippen LogP contribution in [0.4, 0.5) is 0 Å². The number of ether oxygens (including phenoxy) is 1. The van der Waals surface area contributed by atoms with Gasteiger partial charge in [0, 0.05) is 6.04 Å². The second-order valence-electron chi connectivity index (χ2n) is 5.32. The molecular weight excluding hydrogens is 270 g/mol. The Balaban J connectivity index is 1.96. The number of aromatic nitrogens is 2. The fraction of sp³-hybridized carbons (Fsp3) is 0.467. The summed E-state index contributed by atoms with van der Waals surface area (Å²) in [6.07, 6.45) is 0. The van der Waals surface area contributed by atoms with E-state index in [1.807, 2.05) is 12.1 Å². The predicted molar refractivity (Wildman–Crippen MR) is 82.5 cm³/mol. The highest BCUT2D eigenvalue weighted by Crippen LogP contribution is 2.26. The van der Waals surface area contributed by atoms with Gasteiger partial charge in [-0.25, -0.2) is 0 Å². The molecule has 0 aliphatic rings. The van der Waals surface area contributed by atoms with Crippen molar-refractivity contribution in [2.75, 3.05) is 0 Å². The predicted octanol–water partition coefficient (Wildman–Crippen LogP) is 3.95. The topological polar surface area (TPSA) is 47.0 Å². The summed E-state index contributed by atoms with van der Waals surface area (Å²) in [5.41, 5.74) is 1.30. The summed E-state index contributed by atoms with van der Waals surface area (Å²) in [6, 6.07) is 8.56. The molecule has 0 fully saturated rings. The van der Waals surface area contributed by atoms with Crippen molar-refractivity contribution in [2.45, 2.75) is 46.2 Å². The standard InChI is InChI=1S/C15H21N3OS/c1-10(2)12-5-7-13(8-6-12)19-15-18-17-14(20-15)9-16-11(3)4/h5-8,10-11,16H,9H2,1-4H3. The van der Waals surface area contributed by atoms with E-state index in [9.17, 15) is 0 Å². The summed E-state index contributed by atoms with van der Waals surface area (Å²) in [6.45, 7) is 9.29. The SMILES string of the molecule is CC(C)NCc1nnc(Oc2ccc(C(C)C)cc2)s1. The maximum Gasteiger partial charge on any atom is 0.299 e. The molecule has 1 aromatic carbocycles. The van der Waals surface area contributed by atoms with Gasteiger partial charge in [0.25, 0.3) is 5.19 Å². The van der Waals surface area contributed by atoms with Crippen LogP contribution in [0.5, 0.6) is 10.9 Å². The van der Waals surface area contributed by atoms with E-state index in [2.05, 4.69) is 55.3 Å². The number of hydrogen-bond donors (Lipinski definition) is 1. The quantitative estimate of drug-likeness (QED) is 0.875. The van der Waals surface area contributed by atoms with E-state index in [1.54, 1.807) is 0 Å². The average molecular weight is 291 g/mol. The smallest absolute Gasteiger partial charge is 0.299 e. The first-order chi connectivity index (χ1) is 9.54. The first-order valence-corrected chi connectivity index (χ1v) is 7.70. The van der Waals surface area contributed by atoms with Crippen molar-refractivity contribution < 1.29 is 4.74 Å². The van der Waals surface area contributed by atoms with Gasteiger partial charge >= 0.3 is 0 Å². The minimum atomic E-state index is 0.437. The Morgan fingerprint density at radius 1 is 1.10 bits per heavy atom. The second-order valence-corrected chi connectivity index (χ2v) is 6.35. The Morgan fingerprint density at radius 3 is 2.40 bits per heavy atom. The van der Waals surface area contributed by atoms with Crippen LogP contribution < -0.4 is 10.1 Å². The lowest BCUT2D eigenvalue weighted by molar-refractivity contribution is 0.472. The Bertz CT molecular complexity index is 534. The lowest BCUT2D eigenvalue weighted by Crippen LogP contribution is -2.21. The number of nitrogens with zero attached hydrogens (tertiary/aromatic N) is 2. The van der Waals surface area contributed by atoms with Crippen LogP contribution in [0.25, 0.3) is 0 Å². The molecule has 0 amide bonds. The minimum absolute atomic E-state index is 0.437. The molecule has 1 N–H and O–H groups in total. The Labute approximate surface area is 124 Å². The van der Waals surface area contributed by atoms with Gasteiger partial charge in [0.1, 0.15) is 10.8 Å². The molecule has 0 aliphatic carbocycles. The van der Waals surface area contributed by atoms with E-state index in [0.717, 1.165) is 17.3 Å². The summed E-state index contributed by atoms with van der Waals surface area (Å²) in [4.78, 5) is 0.